The zero-order chi connectivity index (χ0) is 13.1. The number of carbonyl (C=O) groups excluding carboxylic acids is 1. The average molecular weight is 254 g/mol. The molecule has 0 aliphatic heterocycles. The molecule has 1 amide bonds. The first kappa shape index (κ1) is 12.2. The summed E-state index contributed by atoms with van der Waals surface area (Å²) in [6, 6.07) is 9.72. The Morgan fingerprint density at radius 3 is 2.79 bits per heavy atom. The highest BCUT2D eigenvalue weighted by Gasteiger charge is 2.34. The van der Waals surface area contributed by atoms with Crippen molar-refractivity contribution in [2.45, 2.75) is 19.3 Å². The molecule has 3 rings (SSSR count). The maximum atomic E-state index is 11.7. The summed E-state index contributed by atoms with van der Waals surface area (Å²) in [5.74, 6) is 1.83. The molecule has 98 valence electrons. The van der Waals surface area contributed by atoms with Gasteiger partial charge in [0.1, 0.15) is 0 Å². The Morgan fingerprint density at radius 2 is 2.11 bits per heavy atom. The summed E-state index contributed by atoms with van der Waals surface area (Å²) in [4.78, 5) is 11.7. The Hall–Kier alpha value is -1.90. The first-order chi connectivity index (χ1) is 9.31. The van der Waals surface area contributed by atoms with Crippen LogP contribution in [0, 0.1) is 17.8 Å². The molecule has 19 heavy (non-hydrogen) atoms. The highest BCUT2D eigenvalue weighted by molar-refractivity contribution is 5.79. The average Bonchev–Trinajstić information content (AvgIpc) is 3.02. The number of hydrazone groups is 1. The molecule has 0 saturated heterocycles. The maximum absolute atomic E-state index is 11.7. The Kier molecular flexibility index (Phi) is 3.45. The summed E-state index contributed by atoms with van der Waals surface area (Å²) in [7, 11) is 0. The Bertz CT molecular complexity index is 507. The first-order valence-electron chi connectivity index (χ1n) is 6.85. The van der Waals surface area contributed by atoms with Crippen LogP contribution < -0.4 is 5.43 Å². The van der Waals surface area contributed by atoms with Gasteiger partial charge >= 0.3 is 0 Å². The van der Waals surface area contributed by atoms with Crippen molar-refractivity contribution in [3.8, 4) is 0 Å². The van der Waals surface area contributed by atoms with Crippen LogP contribution in [0.3, 0.4) is 0 Å². The van der Waals surface area contributed by atoms with Crippen LogP contribution in [-0.4, -0.2) is 12.1 Å². The van der Waals surface area contributed by atoms with E-state index in [-0.39, 0.29) is 5.91 Å². The molecule has 0 aromatic heterocycles. The number of fused-ring (bicyclic) bond motifs is 2. The van der Waals surface area contributed by atoms with E-state index >= 15 is 0 Å². The second kappa shape index (κ2) is 5.39. The van der Waals surface area contributed by atoms with Crippen molar-refractivity contribution in [3.63, 3.8) is 0 Å². The number of amides is 1. The Labute approximate surface area is 113 Å². The third kappa shape index (κ3) is 2.92. The molecule has 3 nitrogen and oxygen atoms in total. The van der Waals surface area contributed by atoms with Gasteiger partial charge in [0.05, 0.1) is 6.42 Å². The van der Waals surface area contributed by atoms with Crippen LogP contribution in [0.5, 0.6) is 0 Å². The van der Waals surface area contributed by atoms with Crippen molar-refractivity contribution in [2.24, 2.45) is 22.9 Å². The molecule has 2 aliphatic carbocycles. The highest BCUT2D eigenvalue weighted by atomic mass is 16.2. The van der Waals surface area contributed by atoms with E-state index in [1.807, 2.05) is 36.5 Å². The normalized spacial score (nSPS) is 28.1. The smallest absolute Gasteiger partial charge is 0.244 e. The van der Waals surface area contributed by atoms with E-state index < -0.39 is 0 Å². The minimum Gasteiger partial charge on any atom is -0.273 e. The zero-order valence-corrected chi connectivity index (χ0v) is 10.8. The van der Waals surface area contributed by atoms with Crippen molar-refractivity contribution in [3.05, 3.63) is 48.0 Å². The van der Waals surface area contributed by atoms with E-state index in [2.05, 4.69) is 22.7 Å². The van der Waals surface area contributed by atoms with Gasteiger partial charge in [-0.2, -0.15) is 5.10 Å². The number of carbonyl (C=O) groups is 1. The summed E-state index contributed by atoms with van der Waals surface area (Å²) in [5.41, 5.74) is 3.64. The van der Waals surface area contributed by atoms with E-state index in [4.69, 9.17) is 0 Å². The molecule has 1 fully saturated rings. The fourth-order valence-electron chi connectivity index (χ4n) is 3.02. The van der Waals surface area contributed by atoms with E-state index in [0.29, 0.717) is 18.3 Å². The Morgan fingerprint density at radius 1 is 1.26 bits per heavy atom. The third-order valence-electron chi connectivity index (χ3n) is 3.99. The van der Waals surface area contributed by atoms with Gasteiger partial charge in [0.25, 0.3) is 0 Å². The van der Waals surface area contributed by atoms with Crippen LogP contribution in [-0.2, 0) is 11.2 Å². The largest absolute Gasteiger partial charge is 0.273 e. The first-order valence-corrected chi connectivity index (χ1v) is 6.85. The molecule has 1 aromatic rings. The van der Waals surface area contributed by atoms with Crippen molar-refractivity contribution in [1.82, 2.24) is 5.43 Å². The second-order valence-electron chi connectivity index (χ2n) is 5.42. The molecular formula is C16H18N2O. The number of nitrogens with zero attached hydrogens (tertiary/aromatic N) is 1. The number of hydrogen-bond donors (Lipinski definition) is 1. The van der Waals surface area contributed by atoms with Gasteiger partial charge in [-0.25, -0.2) is 5.43 Å². The van der Waals surface area contributed by atoms with E-state index in [1.54, 1.807) is 0 Å². The molecule has 3 heteroatoms. The summed E-state index contributed by atoms with van der Waals surface area (Å²) < 4.78 is 0. The quantitative estimate of drug-likeness (QED) is 0.501. The van der Waals surface area contributed by atoms with Crippen molar-refractivity contribution in [1.29, 1.82) is 0 Å². The van der Waals surface area contributed by atoms with Crippen LogP contribution >= 0.6 is 0 Å². The fourth-order valence-corrected chi connectivity index (χ4v) is 3.02. The van der Waals surface area contributed by atoms with E-state index in [9.17, 15) is 4.79 Å². The number of allylic oxidation sites excluding steroid dienone is 2. The summed E-state index contributed by atoms with van der Waals surface area (Å²) >= 11 is 0. The van der Waals surface area contributed by atoms with Gasteiger partial charge in [0.15, 0.2) is 0 Å². The van der Waals surface area contributed by atoms with Crippen molar-refractivity contribution in [2.75, 3.05) is 0 Å². The van der Waals surface area contributed by atoms with Gasteiger partial charge in [-0.1, -0.05) is 42.5 Å². The molecule has 3 unspecified atom stereocenters. The predicted octanol–water partition coefficient (Wildman–Crippen LogP) is 2.54. The molecule has 0 heterocycles. The number of benzene rings is 1. The lowest BCUT2D eigenvalue weighted by atomic mass is 9.95. The second-order valence-corrected chi connectivity index (χ2v) is 5.42. The molecule has 3 atom stereocenters. The van der Waals surface area contributed by atoms with Gasteiger partial charge in [-0.05, 0) is 30.2 Å². The topological polar surface area (TPSA) is 41.5 Å². The number of hydrogen-bond acceptors (Lipinski definition) is 2. The summed E-state index contributed by atoms with van der Waals surface area (Å²) in [5, 5.41) is 4.11. The van der Waals surface area contributed by atoms with Crippen LogP contribution in [0.1, 0.15) is 18.4 Å². The van der Waals surface area contributed by atoms with Crippen LogP contribution in [0.4, 0.5) is 0 Å². The highest BCUT2D eigenvalue weighted by Crippen LogP contribution is 2.42. The molecule has 0 spiro atoms. The van der Waals surface area contributed by atoms with Gasteiger partial charge < -0.3 is 0 Å². The van der Waals surface area contributed by atoms with Crippen LogP contribution in [0.2, 0.25) is 0 Å². The zero-order valence-electron chi connectivity index (χ0n) is 10.8. The standard InChI is InChI=1S/C16H18N2O/c19-16(10-12-4-2-1-3-5-12)18-17-11-15-9-13-6-7-14(15)8-13/h1-7,11,13-15H,8-10H2,(H,18,19)/b17-11+. The van der Waals surface area contributed by atoms with Crippen molar-refractivity contribution >= 4 is 12.1 Å². The van der Waals surface area contributed by atoms with Crippen molar-refractivity contribution < 1.29 is 4.79 Å². The third-order valence-corrected chi connectivity index (χ3v) is 3.99. The summed E-state index contributed by atoms with van der Waals surface area (Å²) in [6.45, 7) is 0. The molecule has 0 radical (unpaired) electrons. The number of rotatable bonds is 4. The minimum absolute atomic E-state index is 0.0545. The molecule has 1 saturated carbocycles. The molecule has 1 aromatic carbocycles. The van der Waals surface area contributed by atoms with Gasteiger partial charge in [0.2, 0.25) is 5.91 Å². The van der Waals surface area contributed by atoms with Crippen LogP contribution in [0.15, 0.2) is 47.6 Å². The van der Waals surface area contributed by atoms with E-state index in [1.165, 1.54) is 12.8 Å². The van der Waals surface area contributed by atoms with Gasteiger partial charge in [-0.15, -0.1) is 0 Å². The molecule has 2 aliphatic rings. The lowest BCUT2D eigenvalue weighted by molar-refractivity contribution is -0.120. The Balaban J connectivity index is 1.47. The van der Waals surface area contributed by atoms with Crippen LogP contribution in [0.25, 0.3) is 0 Å². The minimum atomic E-state index is -0.0545. The molecule has 1 N–H and O–H groups in total. The lowest BCUT2D eigenvalue weighted by Gasteiger charge is -2.11. The SMILES string of the molecule is O=C(Cc1ccccc1)N/N=C/C1CC2C=CC1C2. The lowest BCUT2D eigenvalue weighted by Crippen LogP contribution is -2.21. The fraction of sp³-hybridized carbons (Fsp3) is 0.375. The maximum Gasteiger partial charge on any atom is 0.244 e. The number of nitrogens with one attached hydrogen (secondary N) is 1. The molecular weight excluding hydrogens is 236 g/mol. The summed E-state index contributed by atoms with van der Waals surface area (Å²) in [6.07, 6.45) is 9.33. The predicted molar refractivity (Wildman–Crippen MR) is 75.6 cm³/mol. The van der Waals surface area contributed by atoms with E-state index in [0.717, 1.165) is 11.5 Å². The van der Waals surface area contributed by atoms with Gasteiger partial charge in [-0.3, -0.25) is 4.79 Å². The van der Waals surface area contributed by atoms with Gasteiger partial charge in [0, 0.05) is 12.1 Å². The molecule has 2 bridgehead atoms. The monoisotopic (exact) mass is 254 g/mol.